The van der Waals surface area contributed by atoms with Crippen LogP contribution in [-0.2, 0) is 17.3 Å². The molecule has 1 rings (SSSR count). The van der Waals surface area contributed by atoms with Gasteiger partial charge >= 0.3 is 0 Å². The van der Waals surface area contributed by atoms with Crippen LogP contribution < -0.4 is 5.32 Å². The molecule has 5 heteroatoms. The molecule has 1 aromatic rings. The van der Waals surface area contributed by atoms with E-state index in [1.54, 1.807) is 12.5 Å². The third kappa shape index (κ3) is 5.18. The molecule has 1 aromatic heterocycles. The lowest BCUT2D eigenvalue weighted by molar-refractivity contribution is 0.623. The predicted molar refractivity (Wildman–Crippen MR) is 71.8 cm³/mol. The van der Waals surface area contributed by atoms with Gasteiger partial charge in [0.05, 0.1) is 5.69 Å². The zero-order chi connectivity index (χ0) is 12.0. The molecule has 0 aliphatic rings. The second-order valence-electron chi connectivity index (χ2n) is 3.74. The smallest absolute Gasteiger partial charge is 0.0542 e. The van der Waals surface area contributed by atoms with Crippen molar-refractivity contribution in [3.05, 3.63) is 28.5 Å². The van der Waals surface area contributed by atoms with Gasteiger partial charge in [0.2, 0.25) is 0 Å². The summed E-state index contributed by atoms with van der Waals surface area (Å²) in [4.78, 5) is 4.26. The average Bonchev–Trinajstić information content (AvgIpc) is 2.26. The SMILES string of the molecule is CC(CCNCc1ccc(Br)cn1)S(C)=O. The first kappa shape index (κ1) is 13.8. The molecule has 0 aliphatic heterocycles. The van der Waals surface area contributed by atoms with Crippen molar-refractivity contribution in [2.45, 2.75) is 25.1 Å². The minimum absolute atomic E-state index is 0.255. The minimum Gasteiger partial charge on any atom is -0.311 e. The van der Waals surface area contributed by atoms with Crippen LogP contribution in [0.3, 0.4) is 0 Å². The summed E-state index contributed by atoms with van der Waals surface area (Å²) in [6.07, 6.45) is 4.47. The fraction of sp³-hybridized carbons (Fsp3) is 0.545. The Bertz CT molecular complexity index is 342. The first-order valence-corrected chi connectivity index (χ1v) is 7.64. The van der Waals surface area contributed by atoms with Crippen LogP contribution in [0, 0.1) is 0 Å². The zero-order valence-electron chi connectivity index (χ0n) is 9.57. The van der Waals surface area contributed by atoms with Crippen LogP contribution in [0.2, 0.25) is 0 Å². The number of halogens is 1. The quantitative estimate of drug-likeness (QED) is 0.818. The molecule has 16 heavy (non-hydrogen) atoms. The van der Waals surface area contributed by atoms with Crippen molar-refractivity contribution >= 4 is 26.7 Å². The highest BCUT2D eigenvalue weighted by Gasteiger charge is 2.04. The Morgan fingerprint density at radius 3 is 2.88 bits per heavy atom. The highest BCUT2D eigenvalue weighted by molar-refractivity contribution is 9.10. The molecule has 1 heterocycles. The van der Waals surface area contributed by atoms with Gasteiger partial charge in [-0.1, -0.05) is 6.92 Å². The Morgan fingerprint density at radius 2 is 2.31 bits per heavy atom. The van der Waals surface area contributed by atoms with Crippen molar-refractivity contribution in [1.29, 1.82) is 0 Å². The molecule has 90 valence electrons. The lowest BCUT2D eigenvalue weighted by Crippen LogP contribution is -2.21. The van der Waals surface area contributed by atoms with Gasteiger partial charge in [0.15, 0.2) is 0 Å². The Hall–Kier alpha value is -0.260. The number of nitrogens with one attached hydrogen (secondary N) is 1. The van der Waals surface area contributed by atoms with E-state index in [1.165, 1.54) is 0 Å². The van der Waals surface area contributed by atoms with E-state index in [4.69, 9.17) is 0 Å². The summed E-state index contributed by atoms with van der Waals surface area (Å²) < 4.78 is 12.1. The monoisotopic (exact) mass is 304 g/mol. The number of aromatic nitrogens is 1. The van der Waals surface area contributed by atoms with Gasteiger partial charge in [0, 0.05) is 39.5 Å². The molecule has 0 aromatic carbocycles. The molecule has 1 N–H and O–H groups in total. The van der Waals surface area contributed by atoms with Crippen molar-refractivity contribution < 1.29 is 4.21 Å². The van der Waals surface area contributed by atoms with E-state index in [9.17, 15) is 4.21 Å². The average molecular weight is 305 g/mol. The number of hydrogen-bond acceptors (Lipinski definition) is 3. The molecular weight excluding hydrogens is 288 g/mol. The summed E-state index contributed by atoms with van der Waals surface area (Å²) in [5.41, 5.74) is 1.02. The molecule has 0 amide bonds. The molecule has 0 fully saturated rings. The molecule has 0 saturated carbocycles. The first-order chi connectivity index (χ1) is 7.59. The standard InChI is InChI=1S/C11H17BrN2OS/c1-9(16(2)15)5-6-13-8-11-4-3-10(12)7-14-11/h3-4,7,9,13H,5-6,8H2,1-2H3. The summed E-state index contributed by atoms with van der Waals surface area (Å²) in [7, 11) is -0.723. The second-order valence-corrected chi connectivity index (χ2v) is 6.46. The minimum atomic E-state index is -0.723. The van der Waals surface area contributed by atoms with E-state index in [1.807, 2.05) is 19.1 Å². The molecule has 0 spiro atoms. The Kier molecular flexibility index (Phi) is 6.16. The van der Waals surface area contributed by atoms with Gasteiger partial charge in [-0.2, -0.15) is 0 Å². The van der Waals surface area contributed by atoms with Crippen molar-refractivity contribution in [2.75, 3.05) is 12.8 Å². The molecule has 3 nitrogen and oxygen atoms in total. The zero-order valence-corrected chi connectivity index (χ0v) is 12.0. The summed E-state index contributed by atoms with van der Waals surface area (Å²) in [5, 5.41) is 3.55. The fourth-order valence-corrected chi connectivity index (χ4v) is 1.88. The van der Waals surface area contributed by atoms with Gasteiger partial charge in [-0.15, -0.1) is 0 Å². The van der Waals surface area contributed by atoms with Gasteiger partial charge < -0.3 is 5.32 Å². The maximum absolute atomic E-state index is 11.1. The van der Waals surface area contributed by atoms with E-state index in [0.717, 1.165) is 29.7 Å². The summed E-state index contributed by atoms with van der Waals surface area (Å²) in [6.45, 7) is 3.64. The summed E-state index contributed by atoms with van der Waals surface area (Å²) >= 11 is 3.35. The molecule has 0 aliphatic carbocycles. The van der Waals surface area contributed by atoms with Crippen LogP contribution in [0.15, 0.2) is 22.8 Å². The number of rotatable bonds is 6. The van der Waals surface area contributed by atoms with Crippen molar-refractivity contribution in [2.24, 2.45) is 0 Å². The maximum Gasteiger partial charge on any atom is 0.0542 e. The van der Waals surface area contributed by atoms with Crippen molar-refractivity contribution in [3.8, 4) is 0 Å². The molecule has 2 unspecified atom stereocenters. The lowest BCUT2D eigenvalue weighted by Gasteiger charge is -2.08. The largest absolute Gasteiger partial charge is 0.311 e. The van der Waals surface area contributed by atoms with Gasteiger partial charge in [-0.25, -0.2) is 0 Å². The Morgan fingerprint density at radius 1 is 1.56 bits per heavy atom. The fourth-order valence-electron chi connectivity index (χ4n) is 1.20. The lowest BCUT2D eigenvalue weighted by atomic mass is 10.3. The van der Waals surface area contributed by atoms with Gasteiger partial charge in [0.1, 0.15) is 0 Å². The Labute approximate surface area is 108 Å². The van der Waals surface area contributed by atoms with E-state index < -0.39 is 10.8 Å². The van der Waals surface area contributed by atoms with Gasteiger partial charge in [0.25, 0.3) is 0 Å². The van der Waals surface area contributed by atoms with E-state index in [2.05, 4.69) is 26.2 Å². The van der Waals surface area contributed by atoms with Gasteiger partial charge in [-0.05, 0) is 41.0 Å². The molecular formula is C11H17BrN2OS. The van der Waals surface area contributed by atoms with Crippen LogP contribution in [0.25, 0.3) is 0 Å². The Balaban J connectivity index is 2.21. The molecule has 2 atom stereocenters. The van der Waals surface area contributed by atoms with Crippen LogP contribution in [0.4, 0.5) is 0 Å². The molecule has 0 saturated heterocycles. The third-order valence-corrected chi connectivity index (χ3v) is 4.23. The summed E-state index contributed by atoms with van der Waals surface area (Å²) in [5.74, 6) is 0. The highest BCUT2D eigenvalue weighted by atomic mass is 79.9. The second kappa shape index (κ2) is 7.14. The van der Waals surface area contributed by atoms with Gasteiger partial charge in [-0.3, -0.25) is 9.19 Å². The topological polar surface area (TPSA) is 42.0 Å². The third-order valence-electron chi connectivity index (χ3n) is 2.39. The van der Waals surface area contributed by atoms with Crippen molar-refractivity contribution in [3.63, 3.8) is 0 Å². The molecule has 0 radical (unpaired) electrons. The number of hydrogen-bond donors (Lipinski definition) is 1. The van der Waals surface area contributed by atoms with Crippen LogP contribution in [0.5, 0.6) is 0 Å². The van der Waals surface area contributed by atoms with Crippen LogP contribution >= 0.6 is 15.9 Å². The highest BCUT2D eigenvalue weighted by Crippen LogP contribution is 2.07. The van der Waals surface area contributed by atoms with Crippen molar-refractivity contribution in [1.82, 2.24) is 10.3 Å². The number of pyridine rings is 1. The van der Waals surface area contributed by atoms with Crippen LogP contribution in [-0.4, -0.2) is 27.2 Å². The number of nitrogens with zero attached hydrogens (tertiary/aromatic N) is 1. The normalized spacial score (nSPS) is 14.7. The predicted octanol–water partition coefficient (Wildman–Crippen LogP) is 2.09. The van der Waals surface area contributed by atoms with E-state index >= 15 is 0 Å². The van der Waals surface area contributed by atoms with Crippen LogP contribution in [0.1, 0.15) is 19.0 Å². The van der Waals surface area contributed by atoms with E-state index in [0.29, 0.717) is 0 Å². The molecule has 0 bridgehead atoms. The van der Waals surface area contributed by atoms with E-state index in [-0.39, 0.29) is 5.25 Å². The summed E-state index contributed by atoms with van der Waals surface area (Å²) in [6, 6.07) is 3.96. The maximum atomic E-state index is 11.1. The first-order valence-electron chi connectivity index (χ1n) is 5.23.